The molecule has 2 heterocycles. The van der Waals surface area contributed by atoms with Crippen molar-refractivity contribution in [2.45, 2.75) is 39.7 Å². The number of thiophene rings is 1. The van der Waals surface area contributed by atoms with Gasteiger partial charge in [0.2, 0.25) is 0 Å². The summed E-state index contributed by atoms with van der Waals surface area (Å²) in [7, 11) is 0. The van der Waals surface area contributed by atoms with Gasteiger partial charge < -0.3 is 9.64 Å². The zero-order chi connectivity index (χ0) is 11.5. The molecule has 0 saturated carbocycles. The Labute approximate surface area is 102 Å². The standard InChI is InChI=1S/C13H21NOS/c1-4-14(12-5-7-15-8-6-12)13-10(2)9-11(3)16-13/h9,12H,4-8H2,1-3H3. The van der Waals surface area contributed by atoms with E-state index in [2.05, 4.69) is 31.7 Å². The third kappa shape index (κ3) is 2.41. The first-order chi connectivity index (χ1) is 7.72. The van der Waals surface area contributed by atoms with Gasteiger partial charge in [0.25, 0.3) is 0 Å². The molecule has 1 aliphatic rings. The average Bonchev–Trinajstić information content (AvgIpc) is 2.61. The molecule has 0 aromatic carbocycles. The fourth-order valence-corrected chi connectivity index (χ4v) is 3.63. The van der Waals surface area contributed by atoms with Crippen molar-refractivity contribution >= 4 is 16.3 Å². The topological polar surface area (TPSA) is 12.5 Å². The molecule has 1 fully saturated rings. The van der Waals surface area contributed by atoms with Gasteiger partial charge in [0.15, 0.2) is 0 Å². The molecule has 1 aliphatic heterocycles. The Morgan fingerprint density at radius 3 is 2.56 bits per heavy atom. The fourth-order valence-electron chi connectivity index (χ4n) is 2.48. The van der Waals surface area contributed by atoms with Crippen LogP contribution in [0.3, 0.4) is 0 Å². The van der Waals surface area contributed by atoms with E-state index in [4.69, 9.17) is 4.74 Å². The van der Waals surface area contributed by atoms with E-state index < -0.39 is 0 Å². The molecule has 0 aliphatic carbocycles. The minimum Gasteiger partial charge on any atom is -0.381 e. The molecule has 0 spiro atoms. The Morgan fingerprint density at radius 1 is 1.38 bits per heavy atom. The second kappa shape index (κ2) is 5.19. The summed E-state index contributed by atoms with van der Waals surface area (Å²) in [5.41, 5.74) is 1.43. The maximum atomic E-state index is 5.44. The molecule has 0 amide bonds. The molecule has 1 aromatic rings. The van der Waals surface area contributed by atoms with Gasteiger partial charge in [-0.3, -0.25) is 0 Å². The van der Waals surface area contributed by atoms with E-state index in [9.17, 15) is 0 Å². The van der Waals surface area contributed by atoms with Gasteiger partial charge in [-0.2, -0.15) is 0 Å². The lowest BCUT2D eigenvalue weighted by molar-refractivity contribution is 0.0847. The van der Waals surface area contributed by atoms with E-state index in [1.165, 1.54) is 28.3 Å². The van der Waals surface area contributed by atoms with Gasteiger partial charge in [-0.15, -0.1) is 11.3 Å². The predicted octanol–water partition coefficient (Wildman–Crippen LogP) is 3.37. The van der Waals surface area contributed by atoms with Crippen LogP contribution in [0.1, 0.15) is 30.2 Å². The summed E-state index contributed by atoms with van der Waals surface area (Å²) in [6.45, 7) is 9.62. The van der Waals surface area contributed by atoms with E-state index in [1.807, 2.05) is 11.3 Å². The van der Waals surface area contributed by atoms with Crippen molar-refractivity contribution in [1.29, 1.82) is 0 Å². The van der Waals surface area contributed by atoms with Gasteiger partial charge in [-0.1, -0.05) is 0 Å². The van der Waals surface area contributed by atoms with E-state index in [0.29, 0.717) is 6.04 Å². The SMILES string of the molecule is CCN(c1sc(C)cc1C)C1CCOCC1. The number of hydrogen-bond donors (Lipinski definition) is 0. The highest BCUT2D eigenvalue weighted by Crippen LogP contribution is 2.33. The quantitative estimate of drug-likeness (QED) is 0.802. The zero-order valence-electron chi connectivity index (χ0n) is 10.5. The van der Waals surface area contributed by atoms with E-state index in [-0.39, 0.29) is 0 Å². The Kier molecular flexibility index (Phi) is 3.87. The highest BCUT2D eigenvalue weighted by molar-refractivity contribution is 7.16. The van der Waals surface area contributed by atoms with Crippen molar-refractivity contribution in [3.05, 3.63) is 16.5 Å². The van der Waals surface area contributed by atoms with Crippen LogP contribution in [0.2, 0.25) is 0 Å². The fraction of sp³-hybridized carbons (Fsp3) is 0.692. The van der Waals surface area contributed by atoms with Crippen LogP contribution in [-0.4, -0.2) is 25.8 Å². The van der Waals surface area contributed by atoms with Crippen molar-refractivity contribution in [1.82, 2.24) is 0 Å². The van der Waals surface area contributed by atoms with Gasteiger partial charge in [0.1, 0.15) is 0 Å². The lowest BCUT2D eigenvalue weighted by Crippen LogP contribution is -2.39. The van der Waals surface area contributed by atoms with Crippen LogP contribution in [0, 0.1) is 13.8 Å². The summed E-state index contributed by atoms with van der Waals surface area (Å²) >= 11 is 1.93. The molecule has 0 bridgehead atoms. The maximum Gasteiger partial charge on any atom is 0.0943 e. The third-order valence-electron chi connectivity index (χ3n) is 3.25. The molecule has 0 atom stereocenters. The van der Waals surface area contributed by atoms with Crippen molar-refractivity contribution in [3.8, 4) is 0 Å². The molecule has 1 saturated heterocycles. The average molecular weight is 239 g/mol. The number of hydrogen-bond acceptors (Lipinski definition) is 3. The summed E-state index contributed by atoms with van der Waals surface area (Å²) < 4.78 is 5.44. The summed E-state index contributed by atoms with van der Waals surface area (Å²) in [4.78, 5) is 3.98. The van der Waals surface area contributed by atoms with Crippen LogP contribution in [0.4, 0.5) is 5.00 Å². The number of rotatable bonds is 3. The second-order valence-electron chi connectivity index (χ2n) is 4.47. The van der Waals surface area contributed by atoms with Crippen LogP contribution in [0.25, 0.3) is 0 Å². The Bertz CT molecular complexity index is 342. The zero-order valence-corrected chi connectivity index (χ0v) is 11.3. The molecule has 0 unspecified atom stereocenters. The third-order valence-corrected chi connectivity index (χ3v) is 4.44. The molecule has 16 heavy (non-hydrogen) atoms. The molecule has 90 valence electrons. The van der Waals surface area contributed by atoms with Gasteiger partial charge in [-0.05, 0) is 45.2 Å². The molecule has 0 radical (unpaired) electrons. The maximum absolute atomic E-state index is 5.44. The minimum absolute atomic E-state index is 0.676. The van der Waals surface area contributed by atoms with Crippen LogP contribution >= 0.6 is 11.3 Å². The first kappa shape index (κ1) is 11.9. The van der Waals surface area contributed by atoms with Crippen LogP contribution in [-0.2, 0) is 4.74 Å². The Morgan fingerprint density at radius 2 is 2.06 bits per heavy atom. The van der Waals surface area contributed by atoms with E-state index in [0.717, 1.165) is 19.8 Å². The molecule has 0 N–H and O–H groups in total. The van der Waals surface area contributed by atoms with Crippen molar-refractivity contribution in [2.75, 3.05) is 24.7 Å². The number of anilines is 1. The predicted molar refractivity (Wildman–Crippen MR) is 70.7 cm³/mol. The molecule has 2 nitrogen and oxygen atoms in total. The van der Waals surface area contributed by atoms with E-state index >= 15 is 0 Å². The van der Waals surface area contributed by atoms with E-state index in [1.54, 1.807) is 0 Å². The highest BCUT2D eigenvalue weighted by atomic mass is 32.1. The van der Waals surface area contributed by atoms with Gasteiger partial charge in [-0.25, -0.2) is 0 Å². The number of nitrogens with zero attached hydrogens (tertiary/aromatic N) is 1. The van der Waals surface area contributed by atoms with Crippen molar-refractivity contribution < 1.29 is 4.74 Å². The lowest BCUT2D eigenvalue weighted by atomic mass is 10.1. The number of ether oxygens (including phenoxy) is 1. The monoisotopic (exact) mass is 239 g/mol. The molecular weight excluding hydrogens is 218 g/mol. The number of aryl methyl sites for hydroxylation is 2. The minimum atomic E-state index is 0.676. The largest absolute Gasteiger partial charge is 0.381 e. The van der Waals surface area contributed by atoms with Crippen LogP contribution in [0.15, 0.2) is 6.07 Å². The van der Waals surface area contributed by atoms with Crippen LogP contribution in [0.5, 0.6) is 0 Å². The van der Waals surface area contributed by atoms with Gasteiger partial charge in [0.05, 0.1) is 5.00 Å². The summed E-state index contributed by atoms with van der Waals surface area (Å²) in [6, 6.07) is 2.97. The summed E-state index contributed by atoms with van der Waals surface area (Å²) in [6.07, 6.45) is 2.34. The molecule has 3 heteroatoms. The van der Waals surface area contributed by atoms with Crippen molar-refractivity contribution in [2.24, 2.45) is 0 Å². The first-order valence-corrected chi connectivity index (χ1v) is 6.95. The molecule has 2 rings (SSSR count). The van der Waals surface area contributed by atoms with Crippen LogP contribution < -0.4 is 4.90 Å². The molecule has 1 aromatic heterocycles. The van der Waals surface area contributed by atoms with Crippen molar-refractivity contribution in [3.63, 3.8) is 0 Å². The lowest BCUT2D eigenvalue weighted by Gasteiger charge is -2.34. The highest BCUT2D eigenvalue weighted by Gasteiger charge is 2.22. The second-order valence-corrected chi connectivity index (χ2v) is 5.71. The smallest absolute Gasteiger partial charge is 0.0943 e. The van der Waals surface area contributed by atoms with Gasteiger partial charge in [0, 0.05) is 30.7 Å². The molecular formula is C13H21NOS. The first-order valence-electron chi connectivity index (χ1n) is 6.13. The summed E-state index contributed by atoms with van der Waals surface area (Å²) in [5.74, 6) is 0. The Hall–Kier alpha value is -0.540. The summed E-state index contributed by atoms with van der Waals surface area (Å²) in [5, 5.41) is 1.46. The van der Waals surface area contributed by atoms with Gasteiger partial charge >= 0.3 is 0 Å². The normalized spacial score (nSPS) is 17.7. The Balaban J connectivity index is 2.17.